The molecule has 0 atom stereocenters. The summed E-state index contributed by atoms with van der Waals surface area (Å²) in [6, 6.07) is 23.7. The van der Waals surface area contributed by atoms with Gasteiger partial charge in [-0.05, 0) is 54.5 Å². The molecule has 0 aliphatic rings. The van der Waals surface area contributed by atoms with E-state index >= 15 is 0 Å². The van der Waals surface area contributed by atoms with Crippen molar-refractivity contribution in [2.75, 3.05) is 7.11 Å². The maximum atomic E-state index is 5.92. The average molecular weight is 431 g/mol. The zero-order valence-corrected chi connectivity index (χ0v) is 18.1. The van der Waals surface area contributed by atoms with Crippen LogP contribution >= 0.6 is 12.2 Å². The highest BCUT2D eigenvalue weighted by molar-refractivity contribution is 7.71. The second-order valence-electron chi connectivity index (χ2n) is 6.96. The van der Waals surface area contributed by atoms with Gasteiger partial charge in [-0.2, -0.15) is 14.9 Å². The summed E-state index contributed by atoms with van der Waals surface area (Å²) in [4.78, 5) is 0. The highest BCUT2D eigenvalue weighted by atomic mass is 32.1. The summed E-state index contributed by atoms with van der Waals surface area (Å²) in [6.45, 7) is 2.50. The Labute approximate surface area is 185 Å². The number of hydrogen-bond donors (Lipinski definition) is 1. The lowest BCUT2D eigenvalue weighted by molar-refractivity contribution is 0.284. The molecule has 0 amide bonds. The van der Waals surface area contributed by atoms with Gasteiger partial charge in [0.2, 0.25) is 4.77 Å². The molecule has 1 heterocycles. The van der Waals surface area contributed by atoms with E-state index in [-0.39, 0.29) is 0 Å². The quantitative estimate of drug-likeness (QED) is 0.316. The van der Waals surface area contributed by atoms with E-state index in [1.54, 1.807) is 18.0 Å². The van der Waals surface area contributed by atoms with Crippen molar-refractivity contribution in [1.29, 1.82) is 0 Å². The van der Waals surface area contributed by atoms with Gasteiger partial charge in [-0.3, -0.25) is 0 Å². The van der Waals surface area contributed by atoms with E-state index in [9.17, 15) is 0 Å². The standard InChI is InChI=1S/C24H22N4O2S/c1-17-7-6-10-20(13-17)23-26-27-24(31)28(23)25-15-19-11-12-21(22(14-19)29-2)30-16-18-8-4-3-5-9-18/h3-15H,16H2,1-2H3,(H,27,31). The molecule has 0 fully saturated rings. The summed E-state index contributed by atoms with van der Waals surface area (Å²) in [5.74, 6) is 1.96. The number of aryl methyl sites for hydroxylation is 1. The summed E-state index contributed by atoms with van der Waals surface area (Å²) in [5, 5.41) is 11.7. The molecule has 0 aliphatic carbocycles. The van der Waals surface area contributed by atoms with Crippen molar-refractivity contribution in [3.8, 4) is 22.9 Å². The summed E-state index contributed by atoms with van der Waals surface area (Å²) >= 11 is 5.36. The third-order valence-corrected chi connectivity index (χ3v) is 4.94. The molecule has 31 heavy (non-hydrogen) atoms. The number of nitrogens with one attached hydrogen (secondary N) is 1. The fourth-order valence-corrected chi connectivity index (χ4v) is 3.29. The van der Waals surface area contributed by atoms with E-state index in [1.807, 2.05) is 79.7 Å². The van der Waals surface area contributed by atoms with E-state index in [4.69, 9.17) is 21.7 Å². The lowest BCUT2D eigenvalue weighted by Gasteiger charge is -2.11. The lowest BCUT2D eigenvalue weighted by atomic mass is 10.1. The highest BCUT2D eigenvalue weighted by Gasteiger charge is 2.09. The van der Waals surface area contributed by atoms with Gasteiger partial charge in [0.1, 0.15) is 6.61 Å². The number of aromatic nitrogens is 3. The molecule has 1 N–H and O–H groups in total. The Morgan fingerprint density at radius 1 is 1.03 bits per heavy atom. The van der Waals surface area contributed by atoms with Gasteiger partial charge < -0.3 is 9.47 Å². The minimum absolute atomic E-state index is 0.419. The second kappa shape index (κ2) is 9.40. The Morgan fingerprint density at radius 3 is 2.65 bits per heavy atom. The number of nitrogens with zero attached hydrogens (tertiary/aromatic N) is 3. The number of hydrogen-bond acceptors (Lipinski definition) is 5. The van der Waals surface area contributed by atoms with E-state index in [2.05, 4.69) is 15.3 Å². The van der Waals surface area contributed by atoms with Crippen molar-refractivity contribution in [3.05, 3.63) is 94.3 Å². The van der Waals surface area contributed by atoms with Crippen LogP contribution in [-0.4, -0.2) is 28.2 Å². The molecular weight excluding hydrogens is 408 g/mol. The van der Waals surface area contributed by atoms with Gasteiger partial charge in [-0.15, -0.1) is 0 Å². The predicted molar refractivity (Wildman–Crippen MR) is 124 cm³/mol. The normalized spacial score (nSPS) is 11.0. The van der Waals surface area contributed by atoms with Crippen LogP contribution in [0.25, 0.3) is 11.4 Å². The first kappa shape index (κ1) is 20.6. The van der Waals surface area contributed by atoms with Gasteiger partial charge in [0.15, 0.2) is 17.3 Å². The fourth-order valence-electron chi connectivity index (χ4n) is 3.11. The summed E-state index contributed by atoms with van der Waals surface area (Å²) in [6.07, 6.45) is 1.72. The number of rotatable bonds is 7. The Morgan fingerprint density at radius 2 is 1.87 bits per heavy atom. The van der Waals surface area contributed by atoms with Crippen LogP contribution in [-0.2, 0) is 6.61 Å². The number of methoxy groups -OCH3 is 1. The largest absolute Gasteiger partial charge is 0.493 e. The van der Waals surface area contributed by atoms with Gasteiger partial charge in [0.05, 0.1) is 13.3 Å². The highest BCUT2D eigenvalue weighted by Crippen LogP contribution is 2.28. The summed E-state index contributed by atoms with van der Waals surface area (Å²) in [7, 11) is 1.62. The molecule has 0 aliphatic heterocycles. The molecule has 156 valence electrons. The third kappa shape index (κ3) is 4.90. The van der Waals surface area contributed by atoms with Crippen LogP contribution in [0.4, 0.5) is 0 Å². The zero-order chi connectivity index (χ0) is 21.6. The van der Waals surface area contributed by atoms with Crippen LogP contribution in [0.5, 0.6) is 11.5 Å². The third-order valence-electron chi connectivity index (χ3n) is 4.67. The molecule has 0 unspecified atom stereocenters. The van der Waals surface area contributed by atoms with E-state index < -0.39 is 0 Å². The molecule has 0 radical (unpaired) electrons. The zero-order valence-electron chi connectivity index (χ0n) is 17.3. The number of ether oxygens (including phenoxy) is 2. The van der Waals surface area contributed by atoms with Crippen molar-refractivity contribution in [3.63, 3.8) is 0 Å². The Balaban J connectivity index is 1.56. The molecule has 4 rings (SSSR count). The molecule has 0 saturated heterocycles. The number of benzene rings is 3. The minimum Gasteiger partial charge on any atom is -0.493 e. The first-order chi connectivity index (χ1) is 15.1. The van der Waals surface area contributed by atoms with Crippen LogP contribution < -0.4 is 9.47 Å². The van der Waals surface area contributed by atoms with Gasteiger partial charge in [0, 0.05) is 5.56 Å². The second-order valence-corrected chi connectivity index (χ2v) is 7.35. The lowest BCUT2D eigenvalue weighted by Crippen LogP contribution is -1.99. The Kier molecular flexibility index (Phi) is 6.24. The van der Waals surface area contributed by atoms with E-state index in [0.29, 0.717) is 28.7 Å². The molecule has 3 aromatic carbocycles. The molecule has 0 saturated carbocycles. The van der Waals surface area contributed by atoms with Crippen LogP contribution in [0, 0.1) is 11.7 Å². The van der Waals surface area contributed by atoms with Gasteiger partial charge in [0.25, 0.3) is 0 Å². The van der Waals surface area contributed by atoms with Gasteiger partial charge in [-0.1, -0.05) is 54.1 Å². The van der Waals surface area contributed by atoms with Crippen molar-refractivity contribution in [1.82, 2.24) is 14.9 Å². The molecule has 7 heteroatoms. The SMILES string of the molecule is COc1cc(C=Nn2c(-c3cccc(C)c3)n[nH]c2=S)ccc1OCc1ccccc1. The number of H-pyrrole nitrogens is 1. The van der Waals surface area contributed by atoms with Crippen molar-refractivity contribution in [2.45, 2.75) is 13.5 Å². The number of aromatic amines is 1. The van der Waals surface area contributed by atoms with E-state index in [0.717, 1.165) is 22.3 Å². The van der Waals surface area contributed by atoms with E-state index in [1.165, 1.54) is 0 Å². The molecule has 1 aromatic heterocycles. The topological polar surface area (TPSA) is 64.4 Å². The first-order valence-electron chi connectivity index (χ1n) is 9.77. The maximum absolute atomic E-state index is 5.92. The summed E-state index contributed by atoms with van der Waals surface area (Å²) < 4.78 is 13.5. The van der Waals surface area contributed by atoms with Crippen LogP contribution in [0.1, 0.15) is 16.7 Å². The van der Waals surface area contributed by atoms with Crippen molar-refractivity contribution >= 4 is 18.4 Å². The van der Waals surface area contributed by atoms with Crippen LogP contribution in [0.2, 0.25) is 0 Å². The fraction of sp³-hybridized carbons (Fsp3) is 0.125. The van der Waals surface area contributed by atoms with Gasteiger partial charge >= 0.3 is 0 Å². The monoisotopic (exact) mass is 430 g/mol. The van der Waals surface area contributed by atoms with Gasteiger partial charge in [-0.25, -0.2) is 5.10 Å². The van der Waals surface area contributed by atoms with Crippen molar-refractivity contribution in [2.24, 2.45) is 5.10 Å². The molecular formula is C24H22N4O2S. The maximum Gasteiger partial charge on any atom is 0.216 e. The van der Waals surface area contributed by atoms with Crippen LogP contribution in [0.3, 0.4) is 0 Å². The Hall–Kier alpha value is -3.71. The van der Waals surface area contributed by atoms with Crippen LogP contribution in [0.15, 0.2) is 77.9 Å². The molecule has 4 aromatic rings. The predicted octanol–water partition coefficient (Wildman–Crippen LogP) is 5.39. The summed E-state index contributed by atoms with van der Waals surface area (Å²) in [5.41, 5.74) is 4.01. The van der Waals surface area contributed by atoms with Crippen molar-refractivity contribution < 1.29 is 9.47 Å². The molecule has 0 bridgehead atoms. The molecule has 6 nitrogen and oxygen atoms in total. The molecule has 0 spiro atoms. The average Bonchev–Trinajstić information content (AvgIpc) is 3.17. The smallest absolute Gasteiger partial charge is 0.216 e. The Bertz CT molecular complexity index is 1260. The first-order valence-corrected chi connectivity index (χ1v) is 10.2. The minimum atomic E-state index is 0.419.